The van der Waals surface area contributed by atoms with Crippen molar-refractivity contribution in [3.63, 3.8) is 0 Å². The average Bonchev–Trinajstić information content (AvgIpc) is 2.93. The summed E-state index contributed by atoms with van der Waals surface area (Å²) in [4.78, 5) is 2.54. The zero-order valence-electron chi connectivity index (χ0n) is 10.4. The molecule has 2 aliphatic rings. The summed E-state index contributed by atoms with van der Waals surface area (Å²) in [5.41, 5.74) is 9.11. The Morgan fingerprint density at radius 1 is 1.24 bits per heavy atom. The first kappa shape index (κ1) is 11.1. The van der Waals surface area contributed by atoms with E-state index < -0.39 is 0 Å². The largest absolute Gasteiger partial charge is 0.371 e. The number of para-hydroxylation sites is 1. The van der Waals surface area contributed by atoms with Gasteiger partial charge in [0.25, 0.3) is 0 Å². The van der Waals surface area contributed by atoms with E-state index in [1.165, 1.54) is 56.4 Å². The second kappa shape index (κ2) is 4.69. The minimum atomic E-state index is 0.466. The molecule has 0 bridgehead atoms. The molecule has 0 saturated heterocycles. The first-order valence-corrected chi connectivity index (χ1v) is 6.93. The summed E-state index contributed by atoms with van der Waals surface area (Å²) in [6.07, 6.45) is 6.41. The Labute approximate surface area is 104 Å². The predicted octanol–water partition coefficient (Wildman–Crippen LogP) is 2.57. The van der Waals surface area contributed by atoms with Crippen LogP contribution in [-0.4, -0.2) is 19.1 Å². The average molecular weight is 230 g/mol. The van der Waals surface area contributed by atoms with Gasteiger partial charge in [-0.3, -0.25) is 0 Å². The van der Waals surface area contributed by atoms with E-state index in [9.17, 15) is 0 Å². The monoisotopic (exact) mass is 230 g/mol. The molecule has 0 radical (unpaired) electrons. The first-order chi connectivity index (χ1) is 8.34. The second-order valence-electron chi connectivity index (χ2n) is 5.51. The van der Waals surface area contributed by atoms with E-state index in [-0.39, 0.29) is 0 Å². The molecule has 1 heterocycles. The maximum Gasteiger partial charge on any atom is 0.0399 e. The number of nitrogens with two attached hydrogens (primary N) is 1. The number of nitrogens with zero attached hydrogens (tertiary/aromatic N) is 1. The van der Waals surface area contributed by atoms with Gasteiger partial charge in [0.1, 0.15) is 0 Å². The Morgan fingerprint density at radius 3 is 2.94 bits per heavy atom. The van der Waals surface area contributed by atoms with Gasteiger partial charge in [-0.05, 0) is 43.2 Å². The van der Waals surface area contributed by atoms with Crippen LogP contribution in [-0.2, 0) is 6.42 Å². The van der Waals surface area contributed by atoms with Crippen molar-refractivity contribution in [2.24, 2.45) is 11.7 Å². The van der Waals surface area contributed by atoms with Crippen LogP contribution in [0.5, 0.6) is 0 Å². The molecule has 2 atom stereocenters. The standard InChI is InChI=1S/C15H22N2/c16-14-6-3-5-12(14)8-10-17-11-9-13-4-1-2-7-15(13)17/h1-2,4,7,12,14H,3,5-6,8-11,16H2. The summed E-state index contributed by atoms with van der Waals surface area (Å²) >= 11 is 0. The molecule has 1 aliphatic carbocycles. The third-order valence-corrected chi connectivity index (χ3v) is 4.47. The molecule has 1 aliphatic heterocycles. The number of benzene rings is 1. The van der Waals surface area contributed by atoms with Crippen molar-refractivity contribution in [1.82, 2.24) is 0 Å². The molecule has 1 aromatic carbocycles. The van der Waals surface area contributed by atoms with Gasteiger partial charge in [-0.25, -0.2) is 0 Å². The van der Waals surface area contributed by atoms with Crippen molar-refractivity contribution >= 4 is 5.69 Å². The molecule has 2 N–H and O–H groups in total. The van der Waals surface area contributed by atoms with E-state index in [0.717, 1.165) is 5.92 Å². The van der Waals surface area contributed by atoms with Crippen molar-refractivity contribution in [3.8, 4) is 0 Å². The Morgan fingerprint density at radius 2 is 2.12 bits per heavy atom. The molecule has 3 rings (SSSR count). The fraction of sp³-hybridized carbons (Fsp3) is 0.600. The minimum Gasteiger partial charge on any atom is -0.371 e. The van der Waals surface area contributed by atoms with Crippen LogP contribution in [0.4, 0.5) is 5.69 Å². The Balaban J connectivity index is 1.60. The van der Waals surface area contributed by atoms with Crippen LogP contribution in [0.25, 0.3) is 0 Å². The smallest absolute Gasteiger partial charge is 0.0399 e. The topological polar surface area (TPSA) is 29.3 Å². The van der Waals surface area contributed by atoms with E-state index in [4.69, 9.17) is 5.73 Å². The van der Waals surface area contributed by atoms with Gasteiger partial charge in [0.05, 0.1) is 0 Å². The Kier molecular flexibility index (Phi) is 3.06. The molecule has 17 heavy (non-hydrogen) atoms. The summed E-state index contributed by atoms with van der Waals surface area (Å²) in [5.74, 6) is 0.766. The highest BCUT2D eigenvalue weighted by Crippen LogP contribution is 2.31. The molecule has 1 aromatic rings. The summed E-state index contributed by atoms with van der Waals surface area (Å²) < 4.78 is 0. The van der Waals surface area contributed by atoms with E-state index in [1.807, 2.05) is 0 Å². The van der Waals surface area contributed by atoms with Gasteiger partial charge >= 0.3 is 0 Å². The van der Waals surface area contributed by atoms with Crippen LogP contribution >= 0.6 is 0 Å². The molecular weight excluding hydrogens is 208 g/mol. The lowest BCUT2D eigenvalue weighted by Gasteiger charge is -2.23. The Bertz CT molecular complexity index is 388. The van der Waals surface area contributed by atoms with Crippen LogP contribution in [0.1, 0.15) is 31.2 Å². The highest BCUT2D eigenvalue weighted by Gasteiger charge is 2.25. The van der Waals surface area contributed by atoms with Crippen molar-refractivity contribution < 1.29 is 0 Å². The fourth-order valence-electron chi connectivity index (χ4n) is 3.38. The number of hydrogen-bond acceptors (Lipinski definition) is 2. The van der Waals surface area contributed by atoms with E-state index in [2.05, 4.69) is 29.2 Å². The lowest BCUT2D eigenvalue weighted by Crippen LogP contribution is -2.29. The molecule has 0 amide bonds. The molecule has 2 unspecified atom stereocenters. The highest BCUT2D eigenvalue weighted by atomic mass is 15.1. The molecule has 1 saturated carbocycles. The number of rotatable bonds is 3. The van der Waals surface area contributed by atoms with Gasteiger partial charge in [0.2, 0.25) is 0 Å². The SMILES string of the molecule is NC1CCCC1CCN1CCc2ccccc21. The first-order valence-electron chi connectivity index (χ1n) is 6.93. The fourth-order valence-corrected chi connectivity index (χ4v) is 3.38. The van der Waals surface area contributed by atoms with Gasteiger partial charge in [-0.1, -0.05) is 24.6 Å². The third kappa shape index (κ3) is 2.19. The van der Waals surface area contributed by atoms with Gasteiger partial charge in [-0.2, -0.15) is 0 Å². The second-order valence-corrected chi connectivity index (χ2v) is 5.51. The van der Waals surface area contributed by atoms with Crippen LogP contribution < -0.4 is 10.6 Å². The number of hydrogen-bond donors (Lipinski definition) is 1. The normalized spacial score (nSPS) is 27.5. The maximum absolute atomic E-state index is 6.14. The minimum absolute atomic E-state index is 0.466. The van der Waals surface area contributed by atoms with Crippen molar-refractivity contribution in [2.45, 2.75) is 38.1 Å². The molecule has 1 fully saturated rings. The van der Waals surface area contributed by atoms with Crippen LogP contribution in [0.3, 0.4) is 0 Å². The number of fused-ring (bicyclic) bond motifs is 1. The van der Waals surface area contributed by atoms with Crippen molar-refractivity contribution in [2.75, 3.05) is 18.0 Å². The lowest BCUT2D eigenvalue weighted by atomic mass is 10.00. The van der Waals surface area contributed by atoms with Gasteiger partial charge in [0, 0.05) is 24.8 Å². The van der Waals surface area contributed by atoms with Gasteiger partial charge < -0.3 is 10.6 Å². The van der Waals surface area contributed by atoms with Crippen molar-refractivity contribution in [3.05, 3.63) is 29.8 Å². The van der Waals surface area contributed by atoms with Gasteiger partial charge in [0.15, 0.2) is 0 Å². The highest BCUT2D eigenvalue weighted by molar-refractivity contribution is 5.57. The zero-order chi connectivity index (χ0) is 11.7. The third-order valence-electron chi connectivity index (χ3n) is 4.47. The maximum atomic E-state index is 6.14. The number of anilines is 1. The lowest BCUT2D eigenvalue weighted by molar-refractivity contribution is 0.447. The zero-order valence-corrected chi connectivity index (χ0v) is 10.4. The van der Waals surface area contributed by atoms with Crippen LogP contribution in [0, 0.1) is 5.92 Å². The summed E-state index contributed by atoms with van der Waals surface area (Å²) in [5, 5.41) is 0. The van der Waals surface area contributed by atoms with Crippen molar-refractivity contribution in [1.29, 1.82) is 0 Å². The molecule has 0 aromatic heterocycles. The summed E-state index contributed by atoms with van der Waals surface area (Å²) in [7, 11) is 0. The van der Waals surface area contributed by atoms with Crippen LogP contribution in [0.15, 0.2) is 24.3 Å². The summed E-state index contributed by atoms with van der Waals surface area (Å²) in [6, 6.07) is 9.29. The Hall–Kier alpha value is -1.02. The predicted molar refractivity (Wildman–Crippen MR) is 72.3 cm³/mol. The van der Waals surface area contributed by atoms with E-state index in [0.29, 0.717) is 6.04 Å². The molecule has 0 spiro atoms. The van der Waals surface area contributed by atoms with Crippen LogP contribution in [0.2, 0.25) is 0 Å². The molecular formula is C15H22N2. The van der Waals surface area contributed by atoms with Gasteiger partial charge in [-0.15, -0.1) is 0 Å². The summed E-state index contributed by atoms with van der Waals surface area (Å²) in [6.45, 7) is 2.39. The quantitative estimate of drug-likeness (QED) is 0.864. The molecule has 2 nitrogen and oxygen atoms in total. The molecule has 92 valence electrons. The van der Waals surface area contributed by atoms with E-state index >= 15 is 0 Å². The molecule has 2 heteroatoms. The van der Waals surface area contributed by atoms with E-state index in [1.54, 1.807) is 0 Å².